The number of hydrogen-bond acceptors (Lipinski definition) is 4. The van der Waals surface area contributed by atoms with Crippen LogP contribution in [-0.4, -0.2) is 47.9 Å². The highest BCUT2D eigenvalue weighted by Crippen LogP contribution is 2.44. The normalized spacial score (nSPS) is 14.0. The molecule has 1 aliphatic carbocycles. The van der Waals surface area contributed by atoms with E-state index in [1.807, 2.05) is 59.2 Å². The zero-order valence-corrected chi connectivity index (χ0v) is 19.3. The van der Waals surface area contributed by atoms with Gasteiger partial charge in [0.05, 0.1) is 0 Å². The van der Waals surface area contributed by atoms with Gasteiger partial charge in [-0.2, -0.15) is 13.2 Å². The average molecular weight is 492 g/mol. The van der Waals surface area contributed by atoms with E-state index in [-0.39, 0.29) is 25.4 Å². The fourth-order valence-corrected chi connectivity index (χ4v) is 4.30. The van der Waals surface area contributed by atoms with Gasteiger partial charge in [-0.3, -0.25) is 4.79 Å². The lowest BCUT2D eigenvalue weighted by atomic mass is 9.91. The van der Waals surface area contributed by atoms with Crippen LogP contribution in [0.2, 0.25) is 0 Å². The van der Waals surface area contributed by atoms with Crippen LogP contribution in [0.3, 0.4) is 0 Å². The van der Waals surface area contributed by atoms with Gasteiger partial charge in [0.25, 0.3) is 0 Å². The van der Waals surface area contributed by atoms with Crippen molar-refractivity contribution in [3.8, 4) is 11.1 Å². The number of benzene rings is 2. The standard InChI is InChI=1S/C25H27F3N2O5/c1-3-24(4-2,22(32)33)30-21(31)20(25(26,27)28)13-29-23(34)35-14-19-17-11-7-5-9-15(17)16-10-6-8-12-18(16)19/h5-12,19-20H,3-4,13-14H2,1-2H3,(H,29,34)(H,30,31)(H,32,33). The maximum Gasteiger partial charge on any atom is 0.407 e. The van der Waals surface area contributed by atoms with Crippen LogP contribution in [-0.2, 0) is 14.3 Å². The van der Waals surface area contributed by atoms with Crippen LogP contribution >= 0.6 is 0 Å². The number of carbonyl (C=O) groups is 3. The van der Waals surface area contributed by atoms with Crippen LogP contribution in [0.25, 0.3) is 11.1 Å². The number of alkyl carbamates (subject to hydrolysis) is 1. The topological polar surface area (TPSA) is 105 Å². The Kier molecular flexibility index (Phi) is 7.72. The Morgan fingerprint density at radius 2 is 1.49 bits per heavy atom. The van der Waals surface area contributed by atoms with Crippen molar-refractivity contribution in [2.45, 2.75) is 44.3 Å². The number of aliphatic carboxylic acids is 1. The number of carboxylic acid groups (broad SMARTS) is 1. The number of hydrogen-bond donors (Lipinski definition) is 3. The highest BCUT2D eigenvalue weighted by Gasteiger charge is 2.48. The van der Waals surface area contributed by atoms with Crippen molar-refractivity contribution in [2.24, 2.45) is 5.92 Å². The predicted octanol–water partition coefficient (Wildman–Crippen LogP) is 4.46. The number of carboxylic acids is 1. The lowest BCUT2D eigenvalue weighted by Crippen LogP contribution is -2.58. The van der Waals surface area contributed by atoms with Gasteiger partial charge in [0.15, 0.2) is 5.92 Å². The number of alkyl halides is 3. The number of carbonyl (C=O) groups excluding carboxylic acids is 2. The zero-order chi connectivity index (χ0) is 25.8. The minimum atomic E-state index is -5.01. The van der Waals surface area contributed by atoms with E-state index in [1.165, 1.54) is 13.8 Å². The summed E-state index contributed by atoms with van der Waals surface area (Å²) in [5, 5.41) is 13.4. The zero-order valence-electron chi connectivity index (χ0n) is 19.3. The van der Waals surface area contributed by atoms with Crippen molar-refractivity contribution in [2.75, 3.05) is 13.2 Å². The van der Waals surface area contributed by atoms with E-state index in [9.17, 15) is 32.7 Å². The first kappa shape index (κ1) is 26.1. The molecule has 0 aromatic heterocycles. The van der Waals surface area contributed by atoms with Crippen molar-refractivity contribution in [3.63, 3.8) is 0 Å². The smallest absolute Gasteiger partial charge is 0.407 e. The van der Waals surface area contributed by atoms with E-state index in [0.717, 1.165) is 22.3 Å². The van der Waals surface area contributed by atoms with Gasteiger partial charge in [0, 0.05) is 12.5 Å². The molecule has 1 atom stereocenters. The summed E-state index contributed by atoms with van der Waals surface area (Å²) in [6.45, 7) is 1.72. The average Bonchev–Trinajstić information content (AvgIpc) is 3.14. The molecule has 2 aromatic carbocycles. The van der Waals surface area contributed by atoms with Crippen LogP contribution in [0, 0.1) is 5.92 Å². The SMILES string of the molecule is CCC(CC)(NC(=O)C(CNC(=O)OCC1c2ccccc2-c2ccccc21)C(F)(F)F)C(=O)O. The van der Waals surface area contributed by atoms with Gasteiger partial charge in [-0.25, -0.2) is 9.59 Å². The summed E-state index contributed by atoms with van der Waals surface area (Å²) in [6, 6.07) is 15.2. The predicted molar refractivity (Wildman–Crippen MR) is 122 cm³/mol. The van der Waals surface area contributed by atoms with Crippen LogP contribution in [0.1, 0.15) is 43.7 Å². The first-order chi connectivity index (χ1) is 16.5. The maximum absolute atomic E-state index is 13.6. The maximum atomic E-state index is 13.6. The van der Waals surface area contributed by atoms with Gasteiger partial charge >= 0.3 is 18.2 Å². The summed E-state index contributed by atoms with van der Waals surface area (Å²) >= 11 is 0. The molecule has 0 spiro atoms. The molecule has 0 aliphatic heterocycles. The third kappa shape index (κ3) is 5.41. The van der Waals surface area contributed by atoms with Gasteiger partial charge in [-0.05, 0) is 35.1 Å². The molecule has 0 saturated heterocycles. The molecule has 1 unspecified atom stereocenters. The molecule has 10 heteroatoms. The highest BCUT2D eigenvalue weighted by molar-refractivity contribution is 5.88. The fraction of sp³-hybridized carbons (Fsp3) is 0.400. The van der Waals surface area contributed by atoms with E-state index < -0.39 is 42.1 Å². The van der Waals surface area contributed by atoms with E-state index in [1.54, 1.807) is 0 Å². The molecule has 0 saturated carbocycles. The molecule has 0 bridgehead atoms. The number of rotatable bonds is 9. The molecule has 0 heterocycles. The lowest BCUT2D eigenvalue weighted by Gasteiger charge is -2.30. The van der Waals surface area contributed by atoms with Gasteiger partial charge in [-0.15, -0.1) is 0 Å². The van der Waals surface area contributed by atoms with Gasteiger partial charge in [0.2, 0.25) is 5.91 Å². The Morgan fingerprint density at radius 3 is 1.94 bits per heavy atom. The van der Waals surface area contributed by atoms with Crippen molar-refractivity contribution in [1.29, 1.82) is 0 Å². The minimum absolute atomic E-state index is 0.101. The van der Waals surface area contributed by atoms with Crippen LogP contribution in [0.5, 0.6) is 0 Å². The Balaban J connectivity index is 1.65. The number of amides is 2. The van der Waals surface area contributed by atoms with Gasteiger partial charge < -0.3 is 20.5 Å². The number of fused-ring (bicyclic) bond motifs is 3. The molecular weight excluding hydrogens is 465 g/mol. The second kappa shape index (κ2) is 10.4. The third-order valence-corrected chi connectivity index (χ3v) is 6.48. The number of ether oxygens (including phenoxy) is 1. The van der Waals surface area contributed by atoms with E-state index in [0.29, 0.717) is 0 Å². The molecule has 7 nitrogen and oxygen atoms in total. The first-order valence-electron chi connectivity index (χ1n) is 11.2. The molecule has 3 rings (SSSR count). The Labute approximate surface area is 200 Å². The van der Waals surface area contributed by atoms with E-state index in [2.05, 4.69) is 0 Å². The molecule has 2 aromatic rings. The third-order valence-electron chi connectivity index (χ3n) is 6.48. The second-order valence-corrected chi connectivity index (χ2v) is 8.38. The summed E-state index contributed by atoms with van der Waals surface area (Å²) in [6.07, 6.45) is -6.32. The van der Waals surface area contributed by atoms with Gasteiger partial charge in [0.1, 0.15) is 12.1 Å². The Hall–Kier alpha value is -3.56. The summed E-state index contributed by atoms with van der Waals surface area (Å²) in [4.78, 5) is 36.2. The number of halogens is 3. The monoisotopic (exact) mass is 492 g/mol. The largest absolute Gasteiger partial charge is 0.480 e. The van der Waals surface area contributed by atoms with Crippen molar-refractivity contribution < 1.29 is 37.4 Å². The number of nitrogens with one attached hydrogen (secondary N) is 2. The fourth-order valence-electron chi connectivity index (χ4n) is 4.30. The molecule has 2 amide bonds. The molecular formula is C25H27F3N2O5. The molecule has 35 heavy (non-hydrogen) atoms. The summed E-state index contributed by atoms with van der Waals surface area (Å²) in [5.41, 5.74) is 2.06. The highest BCUT2D eigenvalue weighted by atomic mass is 19.4. The molecule has 3 N–H and O–H groups in total. The quantitative estimate of drug-likeness (QED) is 0.479. The molecule has 188 valence electrons. The molecule has 0 fully saturated rings. The van der Waals surface area contributed by atoms with Crippen LogP contribution in [0.4, 0.5) is 18.0 Å². The Morgan fingerprint density at radius 1 is 0.971 bits per heavy atom. The Bertz CT molecular complexity index is 1050. The minimum Gasteiger partial charge on any atom is -0.480 e. The van der Waals surface area contributed by atoms with E-state index in [4.69, 9.17) is 4.74 Å². The molecule has 1 aliphatic rings. The van der Waals surface area contributed by atoms with Crippen molar-refractivity contribution in [1.82, 2.24) is 10.6 Å². The van der Waals surface area contributed by atoms with Crippen molar-refractivity contribution in [3.05, 3.63) is 59.7 Å². The lowest BCUT2D eigenvalue weighted by molar-refractivity contribution is -0.183. The van der Waals surface area contributed by atoms with E-state index >= 15 is 0 Å². The summed E-state index contributed by atoms with van der Waals surface area (Å²) < 4.78 is 45.9. The first-order valence-corrected chi connectivity index (χ1v) is 11.2. The van der Waals surface area contributed by atoms with Crippen molar-refractivity contribution >= 4 is 18.0 Å². The molecule has 0 radical (unpaired) electrons. The summed E-state index contributed by atoms with van der Waals surface area (Å²) in [7, 11) is 0. The summed E-state index contributed by atoms with van der Waals surface area (Å²) in [5.74, 6) is -5.87. The van der Waals surface area contributed by atoms with Crippen LogP contribution in [0.15, 0.2) is 48.5 Å². The second-order valence-electron chi connectivity index (χ2n) is 8.38. The van der Waals surface area contributed by atoms with Crippen LogP contribution < -0.4 is 10.6 Å². The van der Waals surface area contributed by atoms with Gasteiger partial charge in [-0.1, -0.05) is 62.4 Å².